The van der Waals surface area contributed by atoms with Crippen LogP contribution < -0.4 is 5.32 Å². The van der Waals surface area contributed by atoms with Gasteiger partial charge in [-0.25, -0.2) is 0 Å². The molecule has 2 atom stereocenters. The number of hydrogen-bond donors (Lipinski definition) is 1. The Hall–Kier alpha value is -1.04. The highest BCUT2D eigenvalue weighted by Crippen LogP contribution is 2.14. The molecule has 1 aliphatic rings. The van der Waals surface area contributed by atoms with Crippen molar-refractivity contribution in [2.45, 2.75) is 25.2 Å². The standard InChI is InChI=1S/C15H21NO3S/c1-20-11-15(17)16-13-7-8-18-10-14(13)19-9-12-5-3-2-4-6-12/h2-6,13-14H,7-11H2,1H3,(H,16,17)/t13-,14-/m1/s1. The predicted molar refractivity (Wildman–Crippen MR) is 80.8 cm³/mol. The van der Waals surface area contributed by atoms with E-state index in [0.29, 0.717) is 25.6 Å². The van der Waals surface area contributed by atoms with E-state index < -0.39 is 0 Å². The van der Waals surface area contributed by atoms with Crippen molar-refractivity contribution in [2.24, 2.45) is 0 Å². The molecule has 1 saturated heterocycles. The smallest absolute Gasteiger partial charge is 0.230 e. The summed E-state index contributed by atoms with van der Waals surface area (Å²) in [5, 5.41) is 3.04. The first-order chi connectivity index (χ1) is 9.79. The molecule has 20 heavy (non-hydrogen) atoms. The fourth-order valence-corrected chi connectivity index (χ4v) is 2.54. The van der Waals surface area contributed by atoms with Crippen LogP contribution >= 0.6 is 11.8 Å². The Kier molecular flexibility index (Phi) is 6.36. The Bertz CT molecular complexity index is 413. The van der Waals surface area contributed by atoms with Crippen LogP contribution in [0.15, 0.2) is 30.3 Å². The molecule has 1 heterocycles. The highest BCUT2D eigenvalue weighted by molar-refractivity contribution is 7.99. The van der Waals surface area contributed by atoms with Gasteiger partial charge in [-0.1, -0.05) is 30.3 Å². The van der Waals surface area contributed by atoms with E-state index in [1.54, 1.807) is 0 Å². The fourth-order valence-electron chi connectivity index (χ4n) is 2.20. The molecule has 1 amide bonds. The maximum absolute atomic E-state index is 11.7. The van der Waals surface area contributed by atoms with Crippen molar-refractivity contribution >= 4 is 17.7 Å². The zero-order valence-electron chi connectivity index (χ0n) is 11.7. The largest absolute Gasteiger partial charge is 0.379 e. The summed E-state index contributed by atoms with van der Waals surface area (Å²) in [7, 11) is 0. The average Bonchev–Trinajstić information content (AvgIpc) is 2.48. The Morgan fingerprint density at radius 1 is 1.45 bits per heavy atom. The van der Waals surface area contributed by atoms with Gasteiger partial charge in [-0.2, -0.15) is 11.8 Å². The van der Waals surface area contributed by atoms with E-state index in [1.165, 1.54) is 11.8 Å². The van der Waals surface area contributed by atoms with Gasteiger partial charge < -0.3 is 14.8 Å². The van der Waals surface area contributed by atoms with Crippen LogP contribution in [0.4, 0.5) is 0 Å². The number of nitrogens with one attached hydrogen (secondary N) is 1. The molecule has 1 N–H and O–H groups in total. The molecule has 0 radical (unpaired) electrons. The van der Waals surface area contributed by atoms with Crippen molar-refractivity contribution in [1.29, 1.82) is 0 Å². The van der Waals surface area contributed by atoms with Crippen LogP contribution in [0.1, 0.15) is 12.0 Å². The number of ether oxygens (including phenoxy) is 2. The van der Waals surface area contributed by atoms with E-state index in [2.05, 4.69) is 5.32 Å². The monoisotopic (exact) mass is 295 g/mol. The Morgan fingerprint density at radius 2 is 2.25 bits per heavy atom. The van der Waals surface area contributed by atoms with Crippen molar-refractivity contribution in [2.75, 3.05) is 25.2 Å². The van der Waals surface area contributed by atoms with Gasteiger partial charge in [0.25, 0.3) is 0 Å². The van der Waals surface area contributed by atoms with Crippen LogP contribution in [0.5, 0.6) is 0 Å². The van der Waals surface area contributed by atoms with Crippen LogP contribution in [0, 0.1) is 0 Å². The van der Waals surface area contributed by atoms with Crippen LogP contribution in [0.3, 0.4) is 0 Å². The molecule has 0 bridgehead atoms. The summed E-state index contributed by atoms with van der Waals surface area (Å²) >= 11 is 1.53. The number of carbonyl (C=O) groups excluding carboxylic acids is 1. The predicted octanol–water partition coefficient (Wildman–Crippen LogP) is 1.84. The van der Waals surface area contributed by atoms with Crippen molar-refractivity contribution < 1.29 is 14.3 Å². The lowest BCUT2D eigenvalue weighted by Gasteiger charge is -2.32. The normalized spacial score (nSPS) is 22.4. The number of rotatable bonds is 6. The number of carbonyl (C=O) groups is 1. The summed E-state index contributed by atoms with van der Waals surface area (Å²) in [5.41, 5.74) is 1.13. The minimum atomic E-state index is -0.0743. The molecular weight excluding hydrogens is 274 g/mol. The van der Waals surface area contributed by atoms with E-state index in [1.807, 2.05) is 36.6 Å². The number of thioether (sulfide) groups is 1. The van der Waals surface area contributed by atoms with Crippen molar-refractivity contribution in [3.05, 3.63) is 35.9 Å². The Balaban J connectivity index is 1.85. The topological polar surface area (TPSA) is 47.6 Å². The molecular formula is C15H21NO3S. The van der Waals surface area contributed by atoms with Crippen LogP contribution in [0.25, 0.3) is 0 Å². The average molecular weight is 295 g/mol. The second-order valence-corrected chi connectivity index (χ2v) is 5.67. The molecule has 1 aromatic rings. The van der Waals surface area contributed by atoms with E-state index in [4.69, 9.17) is 9.47 Å². The zero-order valence-corrected chi connectivity index (χ0v) is 12.5. The molecule has 1 aliphatic heterocycles. The SMILES string of the molecule is CSCC(=O)N[C@@H]1CCOC[C@H]1OCc1ccccc1. The maximum Gasteiger partial charge on any atom is 0.230 e. The van der Waals surface area contributed by atoms with Gasteiger partial charge in [-0.15, -0.1) is 0 Å². The Morgan fingerprint density at radius 3 is 3.00 bits per heavy atom. The summed E-state index contributed by atoms with van der Waals surface area (Å²) in [5.74, 6) is 0.556. The summed E-state index contributed by atoms with van der Waals surface area (Å²) in [4.78, 5) is 11.7. The van der Waals surface area contributed by atoms with Gasteiger partial charge in [0.15, 0.2) is 0 Å². The first kappa shape index (κ1) is 15.4. The first-order valence-electron chi connectivity index (χ1n) is 6.81. The molecule has 0 aliphatic carbocycles. The molecule has 5 heteroatoms. The summed E-state index contributed by atoms with van der Waals surface area (Å²) in [6, 6.07) is 10.1. The van der Waals surface area contributed by atoms with Gasteiger partial charge in [-0.3, -0.25) is 4.79 Å². The van der Waals surface area contributed by atoms with Gasteiger partial charge in [-0.05, 0) is 18.2 Å². The minimum absolute atomic E-state index is 0.0483. The molecule has 1 fully saturated rings. The lowest BCUT2D eigenvalue weighted by atomic mass is 10.1. The molecule has 2 rings (SSSR count). The third kappa shape index (κ3) is 4.81. The number of amides is 1. The lowest BCUT2D eigenvalue weighted by molar-refractivity contribution is -0.124. The number of benzene rings is 1. The van der Waals surface area contributed by atoms with Crippen LogP contribution in [-0.2, 0) is 20.9 Å². The molecule has 4 nitrogen and oxygen atoms in total. The van der Waals surface area contributed by atoms with E-state index >= 15 is 0 Å². The van der Waals surface area contributed by atoms with Gasteiger partial charge in [0.2, 0.25) is 5.91 Å². The summed E-state index contributed by atoms with van der Waals surface area (Å²) < 4.78 is 11.4. The second kappa shape index (κ2) is 8.29. The van der Waals surface area contributed by atoms with Gasteiger partial charge in [0.05, 0.1) is 25.0 Å². The summed E-state index contributed by atoms with van der Waals surface area (Å²) in [6.45, 7) is 1.76. The molecule has 0 unspecified atom stereocenters. The number of hydrogen-bond acceptors (Lipinski definition) is 4. The van der Waals surface area contributed by atoms with E-state index in [0.717, 1.165) is 12.0 Å². The second-order valence-electron chi connectivity index (χ2n) is 4.81. The van der Waals surface area contributed by atoms with Gasteiger partial charge >= 0.3 is 0 Å². The van der Waals surface area contributed by atoms with Crippen molar-refractivity contribution in [1.82, 2.24) is 5.32 Å². The third-order valence-electron chi connectivity index (χ3n) is 3.23. The minimum Gasteiger partial charge on any atom is -0.379 e. The van der Waals surface area contributed by atoms with Crippen LogP contribution in [0.2, 0.25) is 0 Å². The highest BCUT2D eigenvalue weighted by atomic mass is 32.2. The Labute approximate surface area is 124 Å². The van der Waals surface area contributed by atoms with Crippen molar-refractivity contribution in [3.8, 4) is 0 Å². The zero-order chi connectivity index (χ0) is 14.2. The fraction of sp³-hybridized carbons (Fsp3) is 0.533. The molecule has 0 spiro atoms. The first-order valence-corrected chi connectivity index (χ1v) is 8.20. The molecule has 0 aromatic heterocycles. The van der Waals surface area contributed by atoms with Crippen molar-refractivity contribution in [3.63, 3.8) is 0 Å². The van der Waals surface area contributed by atoms with E-state index in [-0.39, 0.29) is 18.1 Å². The molecule has 1 aromatic carbocycles. The van der Waals surface area contributed by atoms with E-state index in [9.17, 15) is 4.79 Å². The summed E-state index contributed by atoms with van der Waals surface area (Å²) in [6.07, 6.45) is 2.65. The maximum atomic E-state index is 11.7. The van der Waals surface area contributed by atoms with Gasteiger partial charge in [0.1, 0.15) is 6.10 Å². The molecule has 110 valence electrons. The molecule has 0 saturated carbocycles. The quantitative estimate of drug-likeness (QED) is 0.870. The highest BCUT2D eigenvalue weighted by Gasteiger charge is 2.27. The van der Waals surface area contributed by atoms with Crippen LogP contribution in [-0.4, -0.2) is 43.3 Å². The third-order valence-corrected chi connectivity index (χ3v) is 3.78. The lowest BCUT2D eigenvalue weighted by Crippen LogP contribution is -2.50. The van der Waals surface area contributed by atoms with Gasteiger partial charge in [0, 0.05) is 6.61 Å².